The van der Waals surface area contributed by atoms with Gasteiger partial charge in [0.1, 0.15) is 17.2 Å². The van der Waals surface area contributed by atoms with Crippen LogP contribution in [0.25, 0.3) is 10.8 Å². The summed E-state index contributed by atoms with van der Waals surface area (Å²) in [7, 11) is 1.57. The lowest BCUT2D eigenvalue weighted by Crippen LogP contribution is -2.24. The third-order valence-electron chi connectivity index (χ3n) is 3.83. The number of carbonyl (C=O) groups excluding carboxylic acids is 1. The normalized spacial score (nSPS) is 10.9. The van der Waals surface area contributed by atoms with Gasteiger partial charge < -0.3 is 14.6 Å². The number of fused-ring (bicyclic) bond motifs is 1. The number of benzene rings is 3. The van der Waals surface area contributed by atoms with Crippen molar-refractivity contribution >= 4 is 38.8 Å². The molecule has 0 radical (unpaired) electrons. The van der Waals surface area contributed by atoms with Crippen molar-refractivity contribution in [2.24, 2.45) is 5.10 Å². The molecular formula is C20H17BrN2O4. The molecule has 2 N–H and O–H groups in total. The standard InChI is InChI=1S/C20H17BrN2O4/c1-26-14-7-9-19(17(21)10-14)27-12-20(25)23-22-11-16-15-5-3-2-4-13(15)6-8-18(16)24/h2-11,24H,12H2,1H3,(H,23,25). The molecule has 3 aromatic carbocycles. The zero-order valence-corrected chi connectivity index (χ0v) is 16.1. The summed E-state index contributed by atoms with van der Waals surface area (Å²) in [6, 6.07) is 16.2. The molecule has 3 aromatic rings. The van der Waals surface area contributed by atoms with Crippen LogP contribution in [0.3, 0.4) is 0 Å². The molecule has 0 saturated carbocycles. The number of hydrogen-bond acceptors (Lipinski definition) is 5. The second kappa shape index (κ2) is 8.55. The summed E-state index contributed by atoms with van der Waals surface area (Å²) in [5.41, 5.74) is 2.92. The van der Waals surface area contributed by atoms with Gasteiger partial charge in [-0.05, 0) is 51.0 Å². The number of amides is 1. The van der Waals surface area contributed by atoms with Crippen molar-refractivity contribution in [3.05, 3.63) is 64.6 Å². The molecule has 7 heteroatoms. The van der Waals surface area contributed by atoms with E-state index in [4.69, 9.17) is 9.47 Å². The van der Waals surface area contributed by atoms with E-state index in [1.165, 1.54) is 6.21 Å². The van der Waals surface area contributed by atoms with Crippen LogP contribution >= 0.6 is 15.9 Å². The third-order valence-corrected chi connectivity index (χ3v) is 4.45. The quantitative estimate of drug-likeness (QED) is 0.461. The molecule has 0 aliphatic heterocycles. The van der Waals surface area contributed by atoms with Gasteiger partial charge in [0.15, 0.2) is 6.61 Å². The zero-order chi connectivity index (χ0) is 19.2. The zero-order valence-electron chi connectivity index (χ0n) is 14.5. The van der Waals surface area contributed by atoms with Crippen LogP contribution in [0.4, 0.5) is 0 Å². The van der Waals surface area contributed by atoms with Gasteiger partial charge in [-0.1, -0.05) is 30.3 Å². The Kier molecular flexibility index (Phi) is 5.93. The van der Waals surface area contributed by atoms with Gasteiger partial charge in [0.05, 0.1) is 17.8 Å². The molecule has 27 heavy (non-hydrogen) atoms. The highest BCUT2D eigenvalue weighted by Gasteiger charge is 2.07. The van der Waals surface area contributed by atoms with Gasteiger partial charge in [-0.3, -0.25) is 4.79 Å². The average Bonchev–Trinajstić information content (AvgIpc) is 2.68. The number of phenolic OH excluding ortho intramolecular Hbond substituents is 1. The lowest BCUT2D eigenvalue weighted by molar-refractivity contribution is -0.123. The van der Waals surface area contributed by atoms with Gasteiger partial charge in [-0.2, -0.15) is 5.10 Å². The maximum atomic E-state index is 11.9. The largest absolute Gasteiger partial charge is 0.507 e. The molecule has 0 unspecified atom stereocenters. The van der Waals surface area contributed by atoms with E-state index < -0.39 is 5.91 Å². The number of nitrogens with one attached hydrogen (secondary N) is 1. The molecule has 6 nitrogen and oxygen atoms in total. The fourth-order valence-electron chi connectivity index (χ4n) is 2.49. The minimum Gasteiger partial charge on any atom is -0.507 e. The number of rotatable bonds is 6. The molecule has 0 aromatic heterocycles. The van der Waals surface area contributed by atoms with E-state index in [0.29, 0.717) is 21.5 Å². The number of nitrogens with zero attached hydrogens (tertiary/aromatic N) is 1. The number of aromatic hydroxyl groups is 1. The van der Waals surface area contributed by atoms with Crippen molar-refractivity contribution in [3.8, 4) is 17.2 Å². The molecule has 0 heterocycles. The highest BCUT2D eigenvalue weighted by Crippen LogP contribution is 2.29. The summed E-state index contributed by atoms with van der Waals surface area (Å²) in [4.78, 5) is 11.9. The van der Waals surface area contributed by atoms with E-state index in [1.807, 2.05) is 30.3 Å². The van der Waals surface area contributed by atoms with Gasteiger partial charge in [0.2, 0.25) is 0 Å². The Morgan fingerprint density at radius 3 is 2.81 bits per heavy atom. The minimum absolute atomic E-state index is 0.0881. The van der Waals surface area contributed by atoms with E-state index in [1.54, 1.807) is 31.4 Å². The lowest BCUT2D eigenvalue weighted by Gasteiger charge is -2.08. The first kappa shape index (κ1) is 18.7. The smallest absolute Gasteiger partial charge is 0.277 e. The molecular weight excluding hydrogens is 412 g/mol. The third kappa shape index (κ3) is 4.57. The predicted molar refractivity (Wildman–Crippen MR) is 108 cm³/mol. The molecule has 0 fully saturated rings. The highest BCUT2D eigenvalue weighted by atomic mass is 79.9. The Bertz CT molecular complexity index is 1000. The summed E-state index contributed by atoms with van der Waals surface area (Å²) in [6.07, 6.45) is 1.42. The number of carbonyl (C=O) groups is 1. The van der Waals surface area contributed by atoms with Crippen molar-refractivity contribution in [1.29, 1.82) is 0 Å². The van der Waals surface area contributed by atoms with Gasteiger partial charge >= 0.3 is 0 Å². The lowest BCUT2D eigenvalue weighted by atomic mass is 10.0. The van der Waals surface area contributed by atoms with E-state index in [2.05, 4.69) is 26.5 Å². The summed E-state index contributed by atoms with van der Waals surface area (Å²) in [6.45, 7) is -0.205. The number of hydrogen-bond donors (Lipinski definition) is 2. The maximum absolute atomic E-state index is 11.9. The summed E-state index contributed by atoms with van der Waals surface area (Å²) in [5, 5.41) is 15.8. The number of halogens is 1. The Hall–Kier alpha value is -3.06. The number of hydrazone groups is 1. The number of phenols is 1. The van der Waals surface area contributed by atoms with Crippen molar-refractivity contribution in [3.63, 3.8) is 0 Å². The Morgan fingerprint density at radius 2 is 2.04 bits per heavy atom. The fraction of sp³-hybridized carbons (Fsp3) is 0.100. The Morgan fingerprint density at radius 1 is 1.22 bits per heavy atom. The van der Waals surface area contributed by atoms with Crippen LogP contribution in [0.2, 0.25) is 0 Å². The van der Waals surface area contributed by atoms with Crippen molar-refractivity contribution in [2.75, 3.05) is 13.7 Å². The van der Waals surface area contributed by atoms with Crippen LogP contribution in [0, 0.1) is 0 Å². The second-order valence-electron chi connectivity index (χ2n) is 5.60. The van der Waals surface area contributed by atoms with Gasteiger partial charge in [0.25, 0.3) is 5.91 Å². The monoisotopic (exact) mass is 428 g/mol. The van der Waals surface area contributed by atoms with Gasteiger partial charge in [0, 0.05) is 5.56 Å². The second-order valence-corrected chi connectivity index (χ2v) is 6.45. The van der Waals surface area contributed by atoms with Crippen LogP contribution < -0.4 is 14.9 Å². The molecule has 138 valence electrons. The molecule has 1 amide bonds. The van der Waals surface area contributed by atoms with Crippen molar-refractivity contribution in [2.45, 2.75) is 0 Å². The molecule has 0 aliphatic carbocycles. The van der Waals surface area contributed by atoms with E-state index >= 15 is 0 Å². The van der Waals surface area contributed by atoms with Crippen molar-refractivity contribution in [1.82, 2.24) is 5.43 Å². The van der Waals surface area contributed by atoms with Crippen LogP contribution in [-0.4, -0.2) is 30.9 Å². The molecule has 3 rings (SSSR count). The van der Waals surface area contributed by atoms with Crippen LogP contribution in [0.5, 0.6) is 17.2 Å². The molecule has 0 atom stereocenters. The number of methoxy groups -OCH3 is 1. The highest BCUT2D eigenvalue weighted by molar-refractivity contribution is 9.10. The van der Waals surface area contributed by atoms with E-state index in [-0.39, 0.29) is 12.4 Å². The van der Waals surface area contributed by atoms with Crippen LogP contribution in [0.15, 0.2) is 64.2 Å². The first-order valence-corrected chi connectivity index (χ1v) is 8.86. The number of ether oxygens (including phenoxy) is 2. The SMILES string of the molecule is COc1ccc(OCC(=O)NN=Cc2c(O)ccc3ccccc23)c(Br)c1. The van der Waals surface area contributed by atoms with E-state index in [0.717, 1.165) is 10.8 Å². The summed E-state index contributed by atoms with van der Waals surface area (Å²) < 4.78 is 11.2. The van der Waals surface area contributed by atoms with Gasteiger partial charge in [-0.25, -0.2) is 5.43 Å². The van der Waals surface area contributed by atoms with Gasteiger partial charge in [-0.15, -0.1) is 0 Å². The van der Waals surface area contributed by atoms with Crippen LogP contribution in [-0.2, 0) is 4.79 Å². The first-order chi connectivity index (χ1) is 13.1. The molecule has 0 spiro atoms. The van der Waals surface area contributed by atoms with Crippen LogP contribution in [0.1, 0.15) is 5.56 Å². The topological polar surface area (TPSA) is 80.2 Å². The molecule has 0 bridgehead atoms. The van der Waals surface area contributed by atoms with Crippen molar-refractivity contribution < 1.29 is 19.4 Å². The maximum Gasteiger partial charge on any atom is 0.277 e. The first-order valence-electron chi connectivity index (χ1n) is 8.07. The Balaban J connectivity index is 1.62. The summed E-state index contributed by atoms with van der Waals surface area (Å²) >= 11 is 3.36. The van der Waals surface area contributed by atoms with E-state index in [9.17, 15) is 9.90 Å². The average molecular weight is 429 g/mol. The summed E-state index contributed by atoms with van der Waals surface area (Å²) in [5.74, 6) is 0.860. The molecule has 0 saturated heterocycles. The predicted octanol–water partition coefficient (Wildman–Crippen LogP) is 3.85. The molecule has 0 aliphatic rings. The Labute approximate surface area is 164 Å². The fourth-order valence-corrected chi connectivity index (χ4v) is 2.96. The minimum atomic E-state index is -0.423.